The van der Waals surface area contributed by atoms with Crippen LogP contribution < -0.4 is 0 Å². The Balaban J connectivity index is 2.68. The zero-order valence-corrected chi connectivity index (χ0v) is 13.1. The van der Waals surface area contributed by atoms with Gasteiger partial charge in [0.15, 0.2) is 0 Å². The molecule has 0 spiro atoms. The van der Waals surface area contributed by atoms with E-state index in [9.17, 15) is 5.26 Å². The lowest BCUT2D eigenvalue weighted by molar-refractivity contribution is 0.319. The SMILES string of the molecule is CC1=CC(=C(/C#N)c2ccc(Cl)cc2Cl)/C(Cl)=CC/1=N\O. The second-order valence-electron chi connectivity index (χ2n) is 4.33. The first-order valence-electron chi connectivity index (χ1n) is 5.86. The van der Waals surface area contributed by atoms with Gasteiger partial charge in [-0.15, -0.1) is 0 Å². The third kappa shape index (κ3) is 3.14. The van der Waals surface area contributed by atoms with E-state index in [-0.39, 0.29) is 0 Å². The minimum Gasteiger partial charge on any atom is -0.410 e. The lowest BCUT2D eigenvalue weighted by Crippen LogP contribution is -2.05. The number of nitrogens with zero attached hydrogens (tertiary/aromatic N) is 2. The minimum absolute atomic E-state index is 0.302. The molecule has 0 atom stereocenters. The summed E-state index contributed by atoms with van der Waals surface area (Å²) in [6.07, 6.45) is 3.17. The van der Waals surface area contributed by atoms with Crippen molar-refractivity contribution in [2.24, 2.45) is 5.16 Å². The van der Waals surface area contributed by atoms with Crippen LogP contribution in [-0.4, -0.2) is 10.9 Å². The second kappa shape index (κ2) is 6.36. The van der Waals surface area contributed by atoms with Crippen LogP contribution in [0.15, 0.2) is 51.7 Å². The van der Waals surface area contributed by atoms with Crippen LogP contribution in [0.3, 0.4) is 0 Å². The third-order valence-electron chi connectivity index (χ3n) is 2.97. The Morgan fingerprint density at radius 2 is 1.95 bits per heavy atom. The number of benzene rings is 1. The molecule has 0 bridgehead atoms. The molecule has 21 heavy (non-hydrogen) atoms. The Labute approximate surface area is 137 Å². The van der Waals surface area contributed by atoms with Gasteiger partial charge in [-0.25, -0.2) is 0 Å². The van der Waals surface area contributed by atoms with Gasteiger partial charge in [-0.2, -0.15) is 5.26 Å². The normalized spacial score (nSPS) is 18.9. The number of halogens is 3. The zero-order chi connectivity index (χ0) is 15.6. The zero-order valence-electron chi connectivity index (χ0n) is 10.9. The molecule has 0 unspecified atom stereocenters. The molecule has 0 saturated heterocycles. The molecule has 1 N–H and O–H groups in total. The number of allylic oxidation sites excluding steroid dienone is 6. The molecule has 1 aliphatic carbocycles. The van der Waals surface area contributed by atoms with Gasteiger partial charge in [0.1, 0.15) is 11.8 Å². The van der Waals surface area contributed by atoms with E-state index in [1.807, 2.05) is 0 Å². The number of nitriles is 1. The summed E-state index contributed by atoms with van der Waals surface area (Å²) in [5, 5.41) is 22.6. The van der Waals surface area contributed by atoms with Crippen molar-refractivity contribution in [2.75, 3.05) is 0 Å². The van der Waals surface area contributed by atoms with Gasteiger partial charge in [0.2, 0.25) is 0 Å². The highest BCUT2D eigenvalue weighted by Gasteiger charge is 2.19. The molecule has 0 amide bonds. The molecule has 6 heteroatoms. The fraction of sp³-hybridized carbons (Fsp3) is 0.0667. The summed E-state index contributed by atoms with van der Waals surface area (Å²) in [6, 6.07) is 6.99. The van der Waals surface area contributed by atoms with Crippen molar-refractivity contribution in [3.05, 3.63) is 62.1 Å². The summed E-state index contributed by atoms with van der Waals surface area (Å²) in [7, 11) is 0. The van der Waals surface area contributed by atoms with E-state index in [1.54, 1.807) is 31.2 Å². The summed E-state index contributed by atoms with van der Waals surface area (Å²) in [5.41, 5.74) is 2.43. The van der Waals surface area contributed by atoms with Crippen molar-refractivity contribution in [1.29, 1.82) is 5.26 Å². The van der Waals surface area contributed by atoms with Crippen LogP contribution in [0.4, 0.5) is 0 Å². The largest absolute Gasteiger partial charge is 0.410 e. The molecular formula is C15H9Cl3N2O. The molecule has 0 saturated carbocycles. The summed E-state index contributed by atoms with van der Waals surface area (Å²) < 4.78 is 0. The van der Waals surface area contributed by atoms with E-state index in [2.05, 4.69) is 11.2 Å². The van der Waals surface area contributed by atoms with Crippen molar-refractivity contribution in [2.45, 2.75) is 6.92 Å². The Hall–Kier alpha value is -1.73. The lowest BCUT2D eigenvalue weighted by atomic mass is 9.94. The highest BCUT2D eigenvalue weighted by molar-refractivity contribution is 6.38. The Morgan fingerprint density at radius 3 is 2.52 bits per heavy atom. The van der Waals surface area contributed by atoms with Gasteiger partial charge >= 0.3 is 0 Å². The second-order valence-corrected chi connectivity index (χ2v) is 5.58. The Kier molecular flexibility index (Phi) is 4.74. The average molecular weight is 340 g/mol. The summed E-state index contributed by atoms with van der Waals surface area (Å²) in [5.74, 6) is 0. The monoisotopic (exact) mass is 338 g/mol. The minimum atomic E-state index is 0.302. The molecular weight excluding hydrogens is 331 g/mol. The van der Waals surface area contributed by atoms with Gasteiger partial charge < -0.3 is 5.21 Å². The summed E-state index contributed by atoms with van der Waals surface area (Å²) in [4.78, 5) is 0. The highest BCUT2D eigenvalue weighted by Crippen LogP contribution is 2.34. The van der Waals surface area contributed by atoms with Crippen LogP contribution in [0, 0.1) is 11.3 Å². The van der Waals surface area contributed by atoms with Crippen LogP contribution in [0.25, 0.3) is 5.57 Å². The molecule has 1 aliphatic rings. The smallest absolute Gasteiger partial charge is 0.107 e. The summed E-state index contributed by atoms with van der Waals surface area (Å²) in [6.45, 7) is 1.76. The van der Waals surface area contributed by atoms with Crippen LogP contribution in [0.2, 0.25) is 10.0 Å². The molecule has 0 heterocycles. The molecule has 1 aromatic carbocycles. The first-order chi connectivity index (χ1) is 9.97. The molecule has 106 valence electrons. The fourth-order valence-corrected chi connectivity index (χ4v) is 2.68. The van der Waals surface area contributed by atoms with Gasteiger partial charge in [0.25, 0.3) is 0 Å². The van der Waals surface area contributed by atoms with Crippen molar-refractivity contribution in [1.82, 2.24) is 0 Å². The van der Waals surface area contributed by atoms with Gasteiger partial charge in [0.05, 0.1) is 15.6 Å². The van der Waals surface area contributed by atoms with Gasteiger partial charge in [-0.1, -0.05) is 46.0 Å². The maximum Gasteiger partial charge on any atom is 0.107 e. The third-order valence-corrected chi connectivity index (χ3v) is 3.84. The molecule has 2 rings (SSSR count). The van der Waals surface area contributed by atoms with Crippen LogP contribution >= 0.6 is 34.8 Å². The van der Waals surface area contributed by atoms with Gasteiger partial charge in [-0.3, -0.25) is 0 Å². The first kappa shape index (κ1) is 15.7. The molecule has 3 nitrogen and oxygen atoms in total. The maximum absolute atomic E-state index is 9.46. The quantitative estimate of drug-likeness (QED) is 0.435. The predicted molar refractivity (Wildman–Crippen MR) is 85.9 cm³/mol. The predicted octanol–water partition coefficient (Wildman–Crippen LogP) is 5.18. The van der Waals surface area contributed by atoms with Crippen LogP contribution in [0.1, 0.15) is 12.5 Å². The van der Waals surface area contributed by atoms with Crippen molar-refractivity contribution in [3.63, 3.8) is 0 Å². The van der Waals surface area contributed by atoms with Crippen molar-refractivity contribution < 1.29 is 5.21 Å². The number of hydrogen-bond donors (Lipinski definition) is 1. The van der Waals surface area contributed by atoms with Gasteiger partial charge in [-0.05, 0) is 36.8 Å². The average Bonchev–Trinajstić information content (AvgIpc) is 2.45. The Bertz CT molecular complexity index is 768. The molecule has 0 aliphatic heterocycles. The van der Waals surface area contributed by atoms with E-state index >= 15 is 0 Å². The van der Waals surface area contributed by atoms with Crippen LogP contribution in [-0.2, 0) is 0 Å². The number of oxime groups is 1. The molecule has 1 aromatic rings. The fourth-order valence-electron chi connectivity index (χ4n) is 1.93. The number of hydrogen-bond acceptors (Lipinski definition) is 3. The Morgan fingerprint density at radius 1 is 1.24 bits per heavy atom. The van der Waals surface area contributed by atoms with E-state index in [1.165, 1.54) is 6.08 Å². The van der Waals surface area contributed by atoms with Gasteiger partial charge in [0, 0.05) is 16.2 Å². The van der Waals surface area contributed by atoms with E-state index in [0.29, 0.717) is 43.1 Å². The standard InChI is InChI=1S/C15H9Cl3N2O/c1-8-4-11(14(18)6-15(8)20-21)12(7-19)10-3-2-9(16)5-13(10)17/h2-6,21H,1H3/b12-11+,20-15+. The maximum atomic E-state index is 9.46. The van der Waals surface area contributed by atoms with Crippen molar-refractivity contribution in [3.8, 4) is 6.07 Å². The first-order valence-corrected chi connectivity index (χ1v) is 6.99. The number of rotatable bonds is 1. The molecule has 0 radical (unpaired) electrons. The highest BCUT2D eigenvalue weighted by atomic mass is 35.5. The molecule has 0 aromatic heterocycles. The summed E-state index contributed by atoms with van der Waals surface area (Å²) >= 11 is 18.2. The van der Waals surface area contributed by atoms with Crippen molar-refractivity contribution >= 4 is 46.1 Å². The van der Waals surface area contributed by atoms with Crippen LogP contribution in [0.5, 0.6) is 0 Å². The van der Waals surface area contributed by atoms with E-state index in [4.69, 9.17) is 40.0 Å². The topological polar surface area (TPSA) is 56.4 Å². The van der Waals surface area contributed by atoms with E-state index in [0.717, 1.165) is 0 Å². The lowest BCUT2D eigenvalue weighted by Gasteiger charge is -2.14. The van der Waals surface area contributed by atoms with E-state index < -0.39 is 0 Å². The molecule has 0 fully saturated rings.